The Morgan fingerprint density at radius 2 is 1.76 bits per heavy atom. The van der Waals surface area contributed by atoms with E-state index in [1.165, 1.54) is 13.0 Å². The van der Waals surface area contributed by atoms with E-state index in [9.17, 15) is 13.6 Å². The Morgan fingerprint density at radius 3 is 2.43 bits per heavy atom. The molecule has 1 amide bonds. The molecule has 0 aliphatic carbocycles. The Labute approximate surface area is 122 Å². The Hall–Kier alpha value is -2.27. The van der Waals surface area contributed by atoms with Gasteiger partial charge in [-0.25, -0.2) is 8.78 Å². The van der Waals surface area contributed by atoms with Crippen LogP contribution in [0.15, 0.2) is 42.5 Å². The van der Waals surface area contributed by atoms with Crippen molar-refractivity contribution in [2.45, 2.75) is 20.0 Å². The first kappa shape index (κ1) is 15.1. The molecule has 5 heteroatoms. The van der Waals surface area contributed by atoms with Gasteiger partial charge in [0, 0.05) is 31.3 Å². The van der Waals surface area contributed by atoms with Crippen LogP contribution >= 0.6 is 0 Å². The fourth-order valence-corrected chi connectivity index (χ4v) is 1.93. The van der Waals surface area contributed by atoms with Gasteiger partial charge in [0.25, 0.3) is 0 Å². The third kappa shape index (κ3) is 4.65. The predicted molar refractivity (Wildman–Crippen MR) is 77.6 cm³/mol. The van der Waals surface area contributed by atoms with Crippen LogP contribution in [0.5, 0.6) is 0 Å². The molecule has 2 aromatic carbocycles. The molecule has 0 aromatic heterocycles. The zero-order valence-electron chi connectivity index (χ0n) is 11.6. The number of carbonyl (C=O) groups excluding carboxylic acids is 1. The van der Waals surface area contributed by atoms with Gasteiger partial charge in [-0.3, -0.25) is 4.79 Å². The number of benzene rings is 2. The molecule has 2 aromatic rings. The largest absolute Gasteiger partial charge is 0.326 e. The second kappa shape index (κ2) is 6.95. The summed E-state index contributed by atoms with van der Waals surface area (Å²) in [5.41, 5.74) is 2.01. The highest BCUT2D eigenvalue weighted by Crippen LogP contribution is 2.11. The van der Waals surface area contributed by atoms with E-state index in [0.717, 1.165) is 23.4 Å². The first-order chi connectivity index (χ1) is 10.0. The van der Waals surface area contributed by atoms with Crippen LogP contribution in [0, 0.1) is 11.6 Å². The summed E-state index contributed by atoms with van der Waals surface area (Å²) in [5, 5.41) is 5.73. The number of carbonyl (C=O) groups is 1. The summed E-state index contributed by atoms with van der Waals surface area (Å²) in [6.07, 6.45) is 0. The predicted octanol–water partition coefficient (Wildman–Crippen LogP) is 3.21. The van der Waals surface area contributed by atoms with Gasteiger partial charge in [0.1, 0.15) is 11.6 Å². The average molecular weight is 290 g/mol. The zero-order chi connectivity index (χ0) is 15.2. The molecule has 0 aliphatic heterocycles. The molecule has 0 saturated heterocycles. The van der Waals surface area contributed by atoms with Crippen molar-refractivity contribution in [1.29, 1.82) is 0 Å². The van der Waals surface area contributed by atoms with Crippen molar-refractivity contribution in [3.63, 3.8) is 0 Å². The fourth-order valence-electron chi connectivity index (χ4n) is 1.93. The summed E-state index contributed by atoms with van der Waals surface area (Å²) in [5.74, 6) is -1.000. The molecule has 0 heterocycles. The molecule has 21 heavy (non-hydrogen) atoms. The van der Waals surface area contributed by atoms with E-state index in [4.69, 9.17) is 0 Å². The number of halogens is 2. The standard InChI is InChI=1S/C16H16F2N2O/c1-11(21)20-15-5-2-12(3-6-15)9-19-10-13-8-14(17)4-7-16(13)18/h2-8,19H,9-10H2,1H3,(H,20,21). The van der Waals surface area contributed by atoms with Gasteiger partial charge in [-0.15, -0.1) is 0 Å². The van der Waals surface area contributed by atoms with Gasteiger partial charge < -0.3 is 10.6 Å². The van der Waals surface area contributed by atoms with Crippen molar-refractivity contribution >= 4 is 11.6 Å². The van der Waals surface area contributed by atoms with E-state index in [1.807, 2.05) is 12.1 Å². The zero-order valence-corrected chi connectivity index (χ0v) is 11.6. The average Bonchev–Trinajstić information content (AvgIpc) is 2.44. The van der Waals surface area contributed by atoms with Crippen molar-refractivity contribution in [2.24, 2.45) is 0 Å². The molecular weight excluding hydrogens is 274 g/mol. The summed E-state index contributed by atoms with van der Waals surface area (Å²) >= 11 is 0. The second-order valence-corrected chi connectivity index (χ2v) is 4.72. The lowest BCUT2D eigenvalue weighted by molar-refractivity contribution is -0.114. The number of nitrogens with one attached hydrogen (secondary N) is 2. The Kier molecular flexibility index (Phi) is 5.00. The van der Waals surface area contributed by atoms with E-state index in [2.05, 4.69) is 10.6 Å². The molecule has 0 aliphatic rings. The van der Waals surface area contributed by atoms with Crippen LogP contribution in [0.25, 0.3) is 0 Å². The Balaban J connectivity index is 1.88. The van der Waals surface area contributed by atoms with Crippen LogP contribution in [0.4, 0.5) is 14.5 Å². The molecule has 0 spiro atoms. The van der Waals surface area contributed by atoms with Gasteiger partial charge >= 0.3 is 0 Å². The van der Waals surface area contributed by atoms with Crippen molar-refractivity contribution < 1.29 is 13.6 Å². The van der Waals surface area contributed by atoms with Crippen molar-refractivity contribution in [3.05, 3.63) is 65.2 Å². The number of hydrogen-bond donors (Lipinski definition) is 2. The molecule has 3 nitrogen and oxygen atoms in total. The molecule has 0 atom stereocenters. The van der Waals surface area contributed by atoms with Gasteiger partial charge in [-0.2, -0.15) is 0 Å². The van der Waals surface area contributed by atoms with Gasteiger partial charge in [0.15, 0.2) is 0 Å². The SMILES string of the molecule is CC(=O)Nc1ccc(CNCc2cc(F)ccc2F)cc1. The molecule has 0 radical (unpaired) electrons. The second-order valence-electron chi connectivity index (χ2n) is 4.72. The number of anilines is 1. The van der Waals surface area contributed by atoms with Crippen LogP contribution in [-0.4, -0.2) is 5.91 Å². The Bertz CT molecular complexity index is 627. The molecule has 0 unspecified atom stereocenters. The summed E-state index contributed by atoms with van der Waals surface area (Å²) in [7, 11) is 0. The summed E-state index contributed by atoms with van der Waals surface area (Å²) in [6, 6.07) is 10.7. The lowest BCUT2D eigenvalue weighted by Crippen LogP contribution is -2.14. The number of amides is 1. The smallest absolute Gasteiger partial charge is 0.221 e. The first-order valence-electron chi connectivity index (χ1n) is 6.56. The van der Waals surface area contributed by atoms with E-state index in [0.29, 0.717) is 12.1 Å². The minimum absolute atomic E-state index is 0.123. The van der Waals surface area contributed by atoms with Gasteiger partial charge in [-0.1, -0.05) is 12.1 Å². The fraction of sp³-hybridized carbons (Fsp3) is 0.188. The molecule has 0 saturated carbocycles. The maximum absolute atomic E-state index is 13.4. The number of rotatable bonds is 5. The van der Waals surface area contributed by atoms with E-state index < -0.39 is 11.6 Å². The highest BCUT2D eigenvalue weighted by molar-refractivity contribution is 5.88. The van der Waals surface area contributed by atoms with E-state index in [-0.39, 0.29) is 12.5 Å². The molecule has 0 fully saturated rings. The molecule has 0 bridgehead atoms. The molecule has 110 valence electrons. The first-order valence-corrected chi connectivity index (χ1v) is 6.56. The maximum atomic E-state index is 13.4. The van der Waals surface area contributed by atoms with Crippen molar-refractivity contribution in [3.8, 4) is 0 Å². The minimum atomic E-state index is -0.451. The third-order valence-electron chi connectivity index (χ3n) is 2.93. The van der Waals surface area contributed by atoms with Crippen LogP contribution in [0.3, 0.4) is 0 Å². The molecule has 2 N–H and O–H groups in total. The highest BCUT2D eigenvalue weighted by Gasteiger charge is 2.03. The summed E-state index contributed by atoms with van der Waals surface area (Å²) in [6.45, 7) is 2.22. The normalized spacial score (nSPS) is 10.4. The van der Waals surface area contributed by atoms with E-state index >= 15 is 0 Å². The number of hydrogen-bond acceptors (Lipinski definition) is 2. The minimum Gasteiger partial charge on any atom is -0.326 e. The lowest BCUT2D eigenvalue weighted by Gasteiger charge is -2.07. The van der Waals surface area contributed by atoms with Crippen LogP contribution < -0.4 is 10.6 Å². The third-order valence-corrected chi connectivity index (χ3v) is 2.93. The van der Waals surface area contributed by atoms with Gasteiger partial charge in [0.2, 0.25) is 5.91 Å². The molecular formula is C16H16F2N2O. The van der Waals surface area contributed by atoms with Crippen LogP contribution in [0.2, 0.25) is 0 Å². The summed E-state index contributed by atoms with van der Waals surface area (Å²) < 4.78 is 26.4. The quantitative estimate of drug-likeness (QED) is 0.887. The highest BCUT2D eigenvalue weighted by atomic mass is 19.1. The van der Waals surface area contributed by atoms with E-state index in [1.54, 1.807) is 12.1 Å². The Morgan fingerprint density at radius 1 is 1.05 bits per heavy atom. The van der Waals surface area contributed by atoms with Crippen LogP contribution in [-0.2, 0) is 17.9 Å². The topological polar surface area (TPSA) is 41.1 Å². The lowest BCUT2D eigenvalue weighted by atomic mass is 10.1. The monoisotopic (exact) mass is 290 g/mol. The van der Waals surface area contributed by atoms with Crippen LogP contribution in [0.1, 0.15) is 18.1 Å². The molecule has 2 rings (SSSR count). The summed E-state index contributed by atoms with van der Waals surface area (Å²) in [4.78, 5) is 10.9. The maximum Gasteiger partial charge on any atom is 0.221 e. The van der Waals surface area contributed by atoms with Crippen molar-refractivity contribution in [1.82, 2.24) is 5.32 Å². The van der Waals surface area contributed by atoms with Gasteiger partial charge in [0.05, 0.1) is 0 Å². The van der Waals surface area contributed by atoms with Gasteiger partial charge in [-0.05, 0) is 35.9 Å². The van der Waals surface area contributed by atoms with Crippen molar-refractivity contribution in [2.75, 3.05) is 5.32 Å².